The van der Waals surface area contributed by atoms with Crippen molar-refractivity contribution in [2.75, 3.05) is 0 Å². The van der Waals surface area contributed by atoms with Crippen LogP contribution < -0.4 is 0 Å². The first-order valence-corrected chi connectivity index (χ1v) is 9.76. The zero-order chi connectivity index (χ0) is 21.1. The maximum absolute atomic E-state index is 14.1. The molecule has 0 radical (unpaired) electrons. The van der Waals surface area contributed by atoms with Crippen molar-refractivity contribution in [2.24, 2.45) is 0 Å². The minimum Gasteiger partial charge on any atom is -0.744 e. The molecule has 0 N–H and O–H groups in total. The molecular weight excluding hydrogens is 365 g/mol. The van der Waals surface area contributed by atoms with Gasteiger partial charge in [-0.15, -0.1) is 0 Å². The van der Waals surface area contributed by atoms with Crippen LogP contribution in [-0.2, 0) is 32.5 Å². The van der Waals surface area contributed by atoms with Gasteiger partial charge < -0.3 is 4.55 Å². The fourth-order valence-corrected chi connectivity index (χ4v) is 4.38. The molecule has 0 atom stereocenters. The average molecular weight is 393 g/mol. The second-order valence-corrected chi connectivity index (χ2v) is 11.1. The van der Waals surface area contributed by atoms with Crippen LogP contribution in [0.1, 0.15) is 84.6 Å². The fraction of sp³-hybridized carbons (Fsp3) is 0.684. The van der Waals surface area contributed by atoms with Crippen molar-refractivity contribution in [3.63, 3.8) is 0 Å². The summed E-state index contributed by atoms with van der Waals surface area (Å²) in [5, 5.41) is 0. The molecule has 0 amide bonds. The monoisotopic (exact) mass is 393 g/mol. The van der Waals surface area contributed by atoms with Crippen molar-refractivity contribution < 1.29 is 26.1 Å². The first-order chi connectivity index (χ1) is 11.1. The first kappa shape index (κ1) is 23.0. The highest BCUT2D eigenvalue weighted by Crippen LogP contribution is 2.48. The van der Waals surface area contributed by atoms with Crippen molar-refractivity contribution in [1.29, 1.82) is 0 Å². The first-order valence-electron chi connectivity index (χ1n) is 8.35. The third-order valence-corrected chi connectivity index (χ3v) is 5.10. The summed E-state index contributed by atoms with van der Waals surface area (Å²) in [4.78, 5) is -0.738. The van der Waals surface area contributed by atoms with Crippen LogP contribution in [0.25, 0.3) is 0 Å². The fourth-order valence-electron chi connectivity index (χ4n) is 3.08. The highest BCUT2D eigenvalue weighted by molar-refractivity contribution is 7.85. The number of alkyl halides is 3. The smallest absolute Gasteiger partial charge is 0.417 e. The van der Waals surface area contributed by atoms with E-state index in [1.807, 2.05) is 0 Å². The Morgan fingerprint density at radius 1 is 0.731 bits per heavy atom. The Morgan fingerprint density at radius 3 is 1.35 bits per heavy atom. The number of hydrogen-bond acceptors (Lipinski definition) is 3. The van der Waals surface area contributed by atoms with E-state index in [9.17, 15) is 26.1 Å². The Balaban J connectivity index is 4.49. The van der Waals surface area contributed by atoms with Crippen LogP contribution in [0.15, 0.2) is 11.0 Å². The van der Waals surface area contributed by atoms with E-state index in [0.29, 0.717) is 0 Å². The van der Waals surface area contributed by atoms with Gasteiger partial charge in [-0.25, -0.2) is 8.42 Å². The zero-order valence-electron chi connectivity index (χ0n) is 16.8. The lowest BCUT2D eigenvalue weighted by Gasteiger charge is -2.37. The van der Waals surface area contributed by atoms with Gasteiger partial charge in [0.25, 0.3) is 0 Å². The summed E-state index contributed by atoms with van der Waals surface area (Å²) in [6, 6.07) is 1.25. The molecule has 0 aliphatic carbocycles. The quantitative estimate of drug-likeness (QED) is 0.592. The number of rotatable bonds is 1. The number of benzene rings is 1. The van der Waals surface area contributed by atoms with Crippen LogP contribution in [0, 0.1) is 0 Å². The molecule has 0 bridgehead atoms. The number of halogens is 3. The van der Waals surface area contributed by atoms with Gasteiger partial charge in [0.2, 0.25) is 0 Å². The normalized spacial score (nSPS) is 14.7. The van der Waals surface area contributed by atoms with Gasteiger partial charge in [0.05, 0.1) is 10.5 Å². The Morgan fingerprint density at radius 2 is 1.12 bits per heavy atom. The van der Waals surface area contributed by atoms with Gasteiger partial charge in [-0.2, -0.15) is 13.2 Å². The third-order valence-electron chi connectivity index (χ3n) is 4.18. The standard InChI is InChI=1S/C19H29F3O3S/c1-16(2,3)11-10-12(17(4,5)6)15(26(23,24)25)14(18(7,8)9)13(11)19(20,21)22/h10H,1-9H3,(H,23,24,25)/p-1. The van der Waals surface area contributed by atoms with Gasteiger partial charge >= 0.3 is 6.18 Å². The van der Waals surface area contributed by atoms with Gasteiger partial charge in [-0.1, -0.05) is 68.4 Å². The molecule has 0 heterocycles. The molecule has 0 aliphatic rings. The van der Waals surface area contributed by atoms with Crippen molar-refractivity contribution in [3.05, 3.63) is 28.3 Å². The summed E-state index contributed by atoms with van der Waals surface area (Å²) in [5.41, 5.74) is -4.26. The summed E-state index contributed by atoms with van der Waals surface area (Å²) < 4.78 is 78.5. The summed E-state index contributed by atoms with van der Waals surface area (Å²) in [6.45, 7) is 14.4. The van der Waals surface area contributed by atoms with Gasteiger partial charge in [0.1, 0.15) is 10.1 Å². The topological polar surface area (TPSA) is 57.2 Å². The van der Waals surface area contributed by atoms with E-state index in [1.54, 1.807) is 41.5 Å². The summed E-state index contributed by atoms with van der Waals surface area (Å²) in [5.74, 6) is 0. The minimum atomic E-state index is -5.13. The Kier molecular flexibility index (Phi) is 5.50. The summed E-state index contributed by atoms with van der Waals surface area (Å²) >= 11 is 0. The molecule has 0 saturated carbocycles. The van der Waals surface area contributed by atoms with Crippen molar-refractivity contribution in [1.82, 2.24) is 0 Å². The molecule has 0 aromatic heterocycles. The van der Waals surface area contributed by atoms with Crippen LogP contribution in [0.5, 0.6) is 0 Å². The highest BCUT2D eigenvalue weighted by atomic mass is 32.2. The lowest BCUT2D eigenvalue weighted by molar-refractivity contribution is -0.140. The van der Waals surface area contributed by atoms with Gasteiger partial charge in [-0.3, -0.25) is 0 Å². The maximum atomic E-state index is 14.1. The van der Waals surface area contributed by atoms with E-state index >= 15 is 0 Å². The van der Waals surface area contributed by atoms with Gasteiger partial charge in [0, 0.05) is 0 Å². The second kappa shape index (κ2) is 6.23. The van der Waals surface area contributed by atoms with Crippen LogP contribution in [0.2, 0.25) is 0 Å². The Hall–Kier alpha value is -1.08. The zero-order valence-corrected chi connectivity index (χ0v) is 17.7. The van der Waals surface area contributed by atoms with E-state index in [1.165, 1.54) is 26.8 Å². The molecule has 1 aromatic rings. The van der Waals surface area contributed by atoms with Gasteiger partial charge in [0.15, 0.2) is 0 Å². The Labute approximate surface area is 154 Å². The highest BCUT2D eigenvalue weighted by Gasteiger charge is 2.45. The SMILES string of the molecule is CC(C)(C)c1cc(C(C)(C)C)c(S(=O)(=O)[O-])c(C(C)(C)C)c1C(F)(F)F. The van der Waals surface area contributed by atoms with Crippen molar-refractivity contribution in [2.45, 2.75) is 89.6 Å². The van der Waals surface area contributed by atoms with E-state index < -0.39 is 48.6 Å². The molecule has 0 saturated heterocycles. The largest absolute Gasteiger partial charge is 0.744 e. The minimum absolute atomic E-state index is 0.00718. The predicted molar refractivity (Wildman–Crippen MR) is 95.5 cm³/mol. The van der Waals surface area contributed by atoms with E-state index in [-0.39, 0.29) is 11.1 Å². The van der Waals surface area contributed by atoms with Crippen LogP contribution >= 0.6 is 0 Å². The molecule has 0 aliphatic heterocycles. The molecule has 1 aromatic carbocycles. The number of hydrogen-bond donors (Lipinski definition) is 0. The van der Waals surface area contributed by atoms with E-state index in [4.69, 9.17) is 0 Å². The molecular formula is C19H28F3O3S-. The molecule has 1 rings (SSSR count). The van der Waals surface area contributed by atoms with Gasteiger partial charge in [-0.05, 0) is 32.9 Å². The molecule has 0 unspecified atom stereocenters. The molecule has 0 fully saturated rings. The predicted octanol–water partition coefficient (Wildman–Crippen LogP) is 5.50. The average Bonchev–Trinajstić information content (AvgIpc) is 2.30. The van der Waals surface area contributed by atoms with Crippen LogP contribution in [-0.4, -0.2) is 13.0 Å². The van der Waals surface area contributed by atoms with Crippen molar-refractivity contribution in [3.8, 4) is 0 Å². The van der Waals surface area contributed by atoms with E-state index in [0.717, 1.165) is 0 Å². The maximum Gasteiger partial charge on any atom is 0.417 e. The third kappa shape index (κ3) is 4.60. The molecule has 26 heavy (non-hydrogen) atoms. The van der Waals surface area contributed by atoms with Crippen LogP contribution in [0.4, 0.5) is 13.2 Å². The Bertz CT molecular complexity index is 801. The lowest BCUT2D eigenvalue weighted by Crippen LogP contribution is -2.32. The van der Waals surface area contributed by atoms with Crippen molar-refractivity contribution >= 4 is 10.1 Å². The van der Waals surface area contributed by atoms with Crippen LogP contribution in [0.3, 0.4) is 0 Å². The molecule has 0 spiro atoms. The second-order valence-electron chi connectivity index (χ2n) is 9.75. The molecule has 7 heteroatoms. The lowest BCUT2D eigenvalue weighted by atomic mass is 9.72. The molecule has 150 valence electrons. The molecule has 3 nitrogen and oxygen atoms in total. The summed E-state index contributed by atoms with van der Waals surface area (Å²) in [6.07, 6.45) is -4.79. The summed E-state index contributed by atoms with van der Waals surface area (Å²) in [7, 11) is -5.13. The van der Waals surface area contributed by atoms with E-state index in [2.05, 4.69) is 0 Å².